The van der Waals surface area contributed by atoms with Crippen molar-refractivity contribution < 1.29 is 32.3 Å². The molecule has 0 spiro atoms. The highest BCUT2D eigenvalue weighted by Crippen LogP contribution is 2.36. The van der Waals surface area contributed by atoms with Gasteiger partial charge >= 0.3 is 12.1 Å². The Morgan fingerprint density at radius 3 is 2.47 bits per heavy atom. The fraction of sp³-hybridized carbons (Fsp3) is 0.526. The van der Waals surface area contributed by atoms with Crippen LogP contribution in [0.15, 0.2) is 18.2 Å². The second-order valence-electron chi connectivity index (χ2n) is 7.06. The lowest BCUT2D eigenvalue weighted by Crippen LogP contribution is -2.45. The maximum absolute atomic E-state index is 12.9. The lowest BCUT2D eigenvalue weighted by atomic mass is 9.97. The Balaban J connectivity index is 1.84. The number of ether oxygens (including phenoxy) is 1. The molecule has 1 aliphatic heterocycles. The van der Waals surface area contributed by atoms with Crippen molar-refractivity contribution in [1.29, 1.82) is 0 Å². The van der Waals surface area contributed by atoms with Gasteiger partial charge in [-0.3, -0.25) is 19.3 Å². The summed E-state index contributed by atoms with van der Waals surface area (Å²) in [5.74, 6) is -1.38. The predicted octanol–water partition coefficient (Wildman–Crippen LogP) is 2.64. The van der Waals surface area contributed by atoms with Crippen molar-refractivity contribution in [2.45, 2.75) is 19.0 Å². The quantitative estimate of drug-likeness (QED) is 0.675. The molecule has 30 heavy (non-hydrogen) atoms. The number of benzene rings is 1. The van der Waals surface area contributed by atoms with Crippen LogP contribution in [-0.4, -0.2) is 67.9 Å². The molecule has 11 heteroatoms. The zero-order valence-corrected chi connectivity index (χ0v) is 17.3. The summed E-state index contributed by atoms with van der Waals surface area (Å²) in [6.45, 7) is 0.866. The van der Waals surface area contributed by atoms with Gasteiger partial charge in [-0.1, -0.05) is 11.6 Å². The Kier molecular flexibility index (Phi) is 8.08. The molecular formula is C19H23ClF3N3O4. The lowest BCUT2D eigenvalue weighted by molar-refractivity contribution is -0.147. The molecule has 0 radical (unpaired) electrons. The van der Waals surface area contributed by atoms with Gasteiger partial charge < -0.3 is 15.0 Å². The molecule has 0 aliphatic carbocycles. The summed E-state index contributed by atoms with van der Waals surface area (Å²) in [6, 6.07) is 3.04. The van der Waals surface area contributed by atoms with Crippen LogP contribution in [-0.2, 0) is 25.3 Å². The molecule has 1 aromatic rings. The highest BCUT2D eigenvalue weighted by Gasteiger charge is 2.33. The van der Waals surface area contributed by atoms with Gasteiger partial charge in [-0.05, 0) is 44.1 Å². The number of hydrogen-bond acceptors (Lipinski definition) is 5. The van der Waals surface area contributed by atoms with Crippen LogP contribution in [0.3, 0.4) is 0 Å². The predicted molar refractivity (Wildman–Crippen MR) is 104 cm³/mol. The number of amides is 2. The molecule has 0 unspecified atom stereocenters. The molecule has 0 saturated carbocycles. The second kappa shape index (κ2) is 10.1. The normalized spacial score (nSPS) is 15.5. The summed E-state index contributed by atoms with van der Waals surface area (Å²) >= 11 is 5.55. The van der Waals surface area contributed by atoms with E-state index >= 15 is 0 Å². The van der Waals surface area contributed by atoms with Crippen LogP contribution in [0.5, 0.6) is 0 Å². The number of rotatable bonds is 6. The Hall–Kier alpha value is -2.33. The zero-order valence-electron chi connectivity index (χ0n) is 16.6. The molecule has 2 rings (SSSR count). The van der Waals surface area contributed by atoms with Gasteiger partial charge in [0.2, 0.25) is 11.8 Å². The fourth-order valence-corrected chi connectivity index (χ4v) is 3.35. The van der Waals surface area contributed by atoms with Gasteiger partial charge in [0.05, 0.1) is 36.7 Å². The van der Waals surface area contributed by atoms with Crippen molar-refractivity contribution in [2.24, 2.45) is 5.92 Å². The Morgan fingerprint density at radius 2 is 1.90 bits per heavy atom. The van der Waals surface area contributed by atoms with Gasteiger partial charge in [0.1, 0.15) is 0 Å². The van der Waals surface area contributed by atoms with Gasteiger partial charge in [0.15, 0.2) is 0 Å². The number of likely N-dealkylation sites (tertiary alicyclic amines) is 1. The molecule has 1 N–H and O–H groups in total. The number of esters is 1. The number of carbonyl (C=O) groups is 3. The van der Waals surface area contributed by atoms with E-state index in [-0.39, 0.29) is 36.6 Å². The Bertz CT molecular complexity index is 796. The number of piperidine rings is 1. The first-order valence-corrected chi connectivity index (χ1v) is 9.59. The van der Waals surface area contributed by atoms with E-state index in [0.717, 1.165) is 12.1 Å². The topological polar surface area (TPSA) is 79.0 Å². The minimum atomic E-state index is -4.65. The van der Waals surface area contributed by atoms with Gasteiger partial charge in [0.25, 0.3) is 0 Å². The second-order valence-corrected chi connectivity index (χ2v) is 7.47. The first kappa shape index (κ1) is 23.9. The molecular weight excluding hydrogens is 427 g/mol. The molecule has 166 valence electrons. The van der Waals surface area contributed by atoms with E-state index in [4.69, 9.17) is 16.3 Å². The molecule has 1 aromatic carbocycles. The van der Waals surface area contributed by atoms with Crippen LogP contribution in [0.4, 0.5) is 18.9 Å². The Morgan fingerprint density at radius 1 is 1.27 bits per heavy atom. The standard InChI is InChI=1S/C19H23ClF3N3O4/c1-25(17(28)11-26-7-5-12(6-8-26)18(29)30-2)10-16(27)24-13-3-4-15(20)14(9-13)19(21,22)23/h3-4,9,12H,5-8,10-11H2,1-2H3,(H,24,27). The molecule has 1 saturated heterocycles. The molecule has 1 heterocycles. The van der Waals surface area contributed by atoms with E-state index in [9.17, 15) is 27.6 Å². The summed E-state index contributed by atoms with van der Waals surface area (Å²) in [4.78, 5) is 39.1. The van der Waals surface area contributed by atoms with E-state index in [1.807, 2.05) is 4.90 Å². The first-order chi connectivity index (χ1) is 14.0. The van der Waals surface area contributed by atoms with Crippen molar-refractivity contribution in [2.75, 3.05) is 45.7 Å². The Labute approximate surface area is 177 Å². The smallest absolute Gasteiger partial charge is 0.417 e. The maximum atomic E-state index is 12.9. The molecule has 0 atom stereocenters. The maximum Gasteiger partial charge on any atom is 0.417 e. The van der Waals surface area contributed by atoms with Gasteiger partial charge in [-0.2, -0.15) is 13.2 Å². The van der Waals surface area contributed by atoms with E-state index in [0.29, 0.717) is 25.9 Å². The monoisotopic (exact) mass is 449 g/mol. The van der Waals surface area contributed by atoms with E-state index in [1.54, 1.807) is 0 Å². The van der Waals surface area contributed by atoms with Crippen molar-refractivity contribution >= 4 is 35.1 Å². The number of nitrogens with one attached hydrogen (secondary N) is 1. The van der Waals surface area contributed by atoms with Crippen LogP contribution < -0.4 is 5.32 Å². The summed E-state index contributed by atoms with van der Waals surface area (Å²) in [7, 11) is 2.78. The average Bonchev–Trinajstić information content (AvgIpc) is 2.68. The number of anilines is 1. The molecule has 0 aromatic heterocycles. The van der Waals surface area contributed by atoms with Gasteiger partial charge in [-0.15, -0.1) is 0 Å². The van der Waals surface area contributed by atoms with E-state index < -0.39 is 22.7 Å². The summed E-state index contributed by atoms with van der Waals surface area (Å²) < 4.78 is 43.5. The third-order valence-corrected chi connectivity index (χ3v) is 5.17. The minimum absolute atomic E-state index is 0.0672. The number of nitrogens with zero attached hydrogens (tertiary/aromatic N) is 2. The highest BCUT2D eigenvalue weighted by molar-refractivity contribution is 6.31. The molecule has 0 bridgehead atoms. The number of methoxy groups -OCH3 is 1. The number of alkyl halides is 3. The third kappa shape index (κ3) is 6.60. The number of hydrogen-bond donors (Lipinski definition) is 1. The van der Waals surface area contributed by atoms with Crippen LogP contribution in [0.25, 0.3) is 0 Å². The van der Waals surface area contributed by atoms with E-state index in [2.05, 4.69) is 5.32 Å². The van der Waals surface area contributed by atoms with Gasteiger partial charge in [0, 0.05) is 12.7 Å². The number of halogens is 4. The van der Waals surface area contributed by atoms with Crippen LogP contribution >= 0.6 is 11.6 Å². The average molecular weight is 450 g/mol. The minimum Gasteiger partial charge on any atom is -0.469 e. The molecule has 1 aliphatic rings. The fourth-order valence-electron chi connectivity index (χ4n) is 3.13. The SMILES string of the molecule is COC(=O)C1CCN(CC(=O)N(C)CC(=O)Nc2ccc(Cl)c(C(F)(F)F)c2)CC1. The van der Waals surface area contributed by atoms with Crippen molar-refractivity contribution in [3.8, 4) is 0 Å². The van der Waals surface area contributed by atoms with E-state index in [1.165, 1.54) is 25.1 Å². The number of carbonyl (C=O) groups excluding carboxylic acids is 3. The zero-order chi connectivity index (χ0) is 22.5. The van der Waals surface area contributed by atoms with Crippen LogP contribution in [0, 0.1) is 5.92 Å². The summed E-state index contributed by atoms with van der Waals surface area (Å²) in [5, 5.41) is 1.87. The van der Waals surface area contributed by atoms with Gasteiger partial charge in [-0.25, -0.2) is 0 Å². The third-order valence-electron chi connectivity index (χ3n) is 4.84. The summed E-state index contributed by atoms with van der Waals surface area (Å²) in [5.41, 5.74) is -1.12. The van der Waals surface area contributed by atoms with Crippen LogP contribution in [0.1, 0.15) is 18.4 Å². The van der Waals surface area contributed by atoms with Crippen molar-refractivity contribution in [1.82, 2.24) is 9.80 Å². The molecule has 2 amide bonds. The first-order valence-electron chi connectivity index (χ1n) is 9.22. The lowest BCUT2D eigenvalue weighted by Gasteiger charge is -2.31. The number of likely N-dealkylation sites (N-methyl/N-ethyl adjacent to an activating group) is 1. The molecule has 7 nitrogen and oxygen atoms in total. The summed E-state index contributed by atoms with van der Waals surface area (Å²) in [6.07, 6.45) is -3.48. The highest BCUT2D eigenvalue weighted by atomic mass is 35.5. The largest absolute Gasteiger partial charge is 0.469 e. The van der Waals surface area contributed by atoms with Crippen molar-refractivity contribution in [3.05, 3.63) is 28.8 Å². The molecule has 1 fully saturated rings. The van der Waals surface area contributed by atoms with Crippen molar-refractivity contribution in [3.63, 3.8) is 0 Å². The van der Waals surface area contributed by atoms with Crippen LogP contribution in [0.2, 0.25) is 5.02 Å².